The minimum absolute atomic E-state index is 0.666. The fourth-order valence-corrected chi connectivity index (χ4v) is 1.11. The first kappa shape index (κ1) is 6.05. The van der Waals surface area contributed by atoms with Crippen LogP contribution in [0.25, 0.3) is 0 Å². The molecule has 2 N–H and O–H groups in total. The summed E-state index contributed by atoms with van der Waals surface area (Å²) >= 11 is 0. The summed E-state index contributed by atoms with van der Waals surface area (Å²) in [4.78, 5) is 0. The number of quaternary nitrogens is 1. The predicted octanol–water partition coefficient (Wildman–Crippen LogP) is -0.643. The summed E-state index contributed by atoms with van der Waals surface area (Å²) in [6.07, 6.45) is 0. The van der Waals surface area contributed by atoms with Gasteiger partial charge >= 0.3 is 0 Å². The molecule has 0 saturated carbocycles. The molecule has 0 aromatic rings. The van der Waals surface area contributed by atoms with Gasteiger partial charge in [0.2, 0.25) is 0 Å². The Morgan fingerprint density at radius 1 is 1.25 bits per heavy atom. The molecule has 1 saturated heterocycles. The molecular formula is C6H14NO+. The third-order valence-electron chi connectivity index (χ3n) is 1.42. The van der Waals surface area contributed by atoms with Crippen molar-refractivity contribution < 1.29 is 10.1 Å². The second kappa shape index (κ2) is 2.46. The van der Waals surface area contributed by atoms with Gasteiger partial charge in [-0.2, -0.15) is 0 Å². The fraction of sp³-hybridized carbons (Fsp3) is 1.00. The Balaban J connectivity index is 2.23. The molecule has 48 valence electrons. The Labute approximate surface area is 50.2 Å². The summed E-state index contributed by atoms with van der Waals surface area (Å²) in [6, 6.07) is 1.33. The van der Waals surface area contributed by atoms with Gasteiger partial charge in [0.25, 0.3) is 0 Å². The molecule has 0 aromatic heterocycles. The van der Waals surface area contributed by atoms with Crippen LogP contribution >= 0.6 is 0 Å². The molecule has 1 fully saturated rings. The molecule has 2 heteroatoms. The van der Waals surface area contributed by atoms with Gasteiger partial charge in [0.1, 0.15) is 12.1 Å². The van der Waals surface area contributed by atoms with E-state index < -0.39 is 0 Å². The van der Waals surface area contributed by atoms with Crippen molar-refractivity contribution in [2.45, 2.75) is 25.9 Å². The number of morpholine rings is 1. The van der Waals surface area contributed by atoms with Crippen LogP contribution in [-0.4, -0.2) is 25.3 Å². The number of hydrogen-bond acceptors (Lipinski definition) is 1. The normalized spacial score (nSPS) is 39.8. The Hall–Kier alpha value is -0.0800. The van der Waals surface area contributed by atoms with Crippen molar-refractivity contribution in [1.29, 1.82) is 0 Å². The van der Waals surface area contributed by atoms with Gasteiger partial charge in [0, 0.05) is 0 Å². The summed E-state index contributed by atoms with van der Waals surface area (Å²) in [5.41, 5.74) is 0. The molecule has 1 rings (SSSR count). The van der Waals surface area contributed by atoms with Gasteiger partial charge in [-0.25, -0.2) is 0 Å². The molecule has 0 bridgehead atoms. The minimum atomic E-state index is 0.666. The predicted molar refractivity (Wildman–Crippen MR) is 31.7 cm³/mol. The van der Waals surface area contributed by atoms with Crippen molar-refractivity contribution in [3.8, 4) is 0 Å². The molecule has 2 unspecified atom stereocenters. The highest BCUT2D eigenvalue weighted by Crippen LogP contribution is 1.87. The Morgan fingerprint density at radius 2 is 1.75 bits per heavy atom. The van der Waals surface area contributed by atoms with Crippen molar-refractivity contribution >= 4 is 0 Å². The van der Waals surface area contributed by atoms with Gasteiger partial charge < -0.3 is 10.1 Å². The van der Waals surface area contributed by atoms with Crippen LogP contribution in [0.4, 0.5) is 0 Å². The van der Waals surface area contributed by atoms with Crippen molar-refractivity contribution in [3.05, 3.63) is 0 Å². The zero-order chi connectivity index (χ0) is 5.98. The SMILES string of the molecule is CC1COCC(C)[NH2+]1. The maximum absolute atomic E-state index is 5.26. The van der Waals surface area contributed by atoms with Crippen LogP contribution in [0.2, 0.25) is 0 Å². The van der Waals surface area contributed by atoms with E-state index in [0.717, 1.165) is 13.2 Å². The van der Waals surface area contributed by atoms with Crippen LogP contribution in [0, 0.1) is 0 Å². The molecule has 0 aliphatic carbocycles. The van der Waals surface area contributed by atoms with E-state index >= 15 is 0 Å². The zero-order valence-electron chi connectivity index (χ0n) is 5.55. The molecule has 0 amide bonds. The van der Waals surface area contributed by atoms with Crippen molar-refractivity contribution in [2.24, 2.45) is 0 Å². The van der Waals surface area contributed by atoms with Gasteiger partial charge in [0.15, 0.2) is 0 Å². The molecule has 0 spiro atoms. The Morgan fingerprint density at radius 3 is 2.00 bits per heavy atom. The first-order chi connectivity index (χ1) is 3.79. The highest BCUT2D eigenvalue weighted by Gasteiger charge is 2.16. The number of nitrogens with two attached hydrogens (primary N) is 1. The van der Waals surface area contributed by atoms with E-state index in [2.05, 4.69) is 19.2 Å². The van der Waals surface area contributed by atoms with Crippen molar-refractivity contribution in [2.75, 3.05) is 13.2 Å². The van der Waals surface area contributed by atoms with E-state index in [-0.39, 0.29) is 0 Å². The van der Waals surface area contributed by atoms with Crippen LogP contribution in [0.15, 0.2) is 0 Å². The van der Waals surface area contributed by atoms with E-state index in [1.54, 1.807) is 0 Å². The van der Waals surface area contributed by atoms with Crippen LogP contribution in [0.1, 0.15) is 13.8 Å². The standard InChI is InChI=1S/C6H13NO/c1-5-3-8-4-6(2)7-5/h5-7H,3-4H2,1-2H3/p+1. The summed E-state index contributed by atoms with van der Waals surface area (Å²) in [5.74, 6) is 0. The third-order valence-corrected chi connectivity index (χ3v) is 1.42. The van der Waals surface area contributed by atoms with Crippen LogP contribution in [0.5, 0.6) is 0 Å². The molecule has 8 heavy (non-hydrogen) atoms. The molecule has 1 heterocycles. The minimum Gasteiger partial charge on any atom is -0.369 e. The van der Waals surface area contributed by atoms with Crippen LogP contribution in [0.3, 0.4) is 0 Å². The average molecular weight is 116 g/mol. The zero-order valence-corrected chi connectivity index (χ0v) is 5.55. The summed E-state index contributed by atoms with van der Waals surface area (Å²) in [7, 11) is 0. The van der Waals surface area contributed by atoms with Crippen molar-refractivity contribution in [1.82, 2.24) is 0 Å². The number of hydrogen-bond donors (Lipinski definition) is 1. The van der Waals surface area contributed by atoms with Crippen molar-refractivity contribution in [3.63, 3.8) is 0 Å². The van der Waals surface area contributed by atoms with E-state index in [9.17, 15) is 0 Å². The summed E-state index contributed by atoms with van der Waals surface area (Å²) in [6.45, 7) is 6.22. The lowest BCUT2D eigenvalue weighted by Crippen LogP contribution is -2.97. The van der Waals surface area contributed by atoms with Gasteiger partial charge in [-0.1, -0.05) is 0 Å². The van der Waals surface area contributed by atoms with Crippen LogP contribution < -0.4 is 5.32 Å². The Bertz CT molecular complexity index is 66.9. The molecule has 1 aliphatic rings. The second-order valence-corrected chi connectivity index (χ2v) is 2.68. The van der Waals surface area contributed by atoms with E-state index in [1.807, 2.05) is 0 Å². The lowest BCUT2D eigenvalue weighted by molar-refractivity contribution is -0.731. The van der Waals surface area contributed by atoms with E-state index in [0.29, 0.717) is 12.1 Å². The van der Waals surface area contributed by atoms with Gasteiger partial charge in [-0.05, 0) is 13.8 Å². The topological polar surface area (TPSA) is 25.8 Å². The number of ether oxygens (including phenoxy) is 1. The molecular weight excluding hydrogens is 102 g/mol. The average Bonchev–Trinajstić information content (AvgIpc) is 1.64. The van der Waals surface area contributed by atoms with Crippen LogP contribution in [-0.2, 0) is 4.74 Å². The largest absolute Gasteiger partial charge is 0.369 e. The first-order valence-electron chi connectivity index (χ1n) is 3.22. The third kappa shape index (κ3) is 1.46. The highest BCUT2D eigenvalue weighted by atomic mass is 16.5. The molecule has 2 nitrogen and oxygen atoms in total. The lowest BCUT2D eigenvalue weighted by atomic mass is 10.2. The first-order valence-corrected chi connectivity index (χ1v) is 3.22. The summed E-state index contributed by atoms with van der Waals surface area (Å²) in [5, 5.41) is 2.35. The second-order valence-electron chi connectivity index (χ2n) is 2.68. The molecule has 0 aromatic carbocycles. The highest BCUT2D eigenvalue weighted by molar-refractivity contribution is 4.52. The molecule has 0 radical (unpaired) electrons. The molecule has 1 aliphatic heterocycles. The molecule has 2 atom stereocenters. The van der Waals surface area contributed by atoms with E-state index in [1.165, 1.54) is 0 Å². The number of rotatable bonds is 0. The quantitative estimate of drug-likeness (QED) is 0.447. The monoisotopic (exact) mass is 116 g/mol. The van der Waals surface area contributed by atoms with Gasteiger partial charge in [-0.3, -0.25) is 0 Å². The van der Waals surface area contributed by atoms with E-state index in [4.69, 9.17) is 4.74 Å². The van der Waals surface area contributed by atoms with Gasteiger partial charge in [0.05, 0.1) is 13.2 Å². The lowest BCUT2D eigenvalue weighted by Gasteiger charge is -2.22. The smallest absolute Gasteiger partial charge is 0.107 e. The Kier molecular flexibility index (Phi) is 1.86. The maximum Gasteiger partial charge on any atom is 0.107 e. The van der Waals surface area contributed by atoms with Gasteiger partial charge in [-0.15, -0.1) is 0 Å². The summed E-state index contributed by atoms with van der Waals surface area (Å²) < 4.78 is 5.26. The fourth-order valence-electron chi connectivity index (χ4n) is 1.11. The maximum atomic E-state index is 5.26.